The zero-order valence-electron chi connectivity index (χ0n) is 17.1. The van der Waals surface area contributed by atoms with Crippen LogP contribution < -0.4 is 5.32 Å². The second kappa shape index (κ2) is 14.1. The van der Waals surface area contributed by atoms with Crippen molar-refractivity contribution in [2.75, 3.05) is 6.54 Å². The second-order valence-corrected chi connectivity index (χ2v) is 6.81. The number of hydrogen-bond donors (Lipinski definition) is 3. The molecule has 0 aliphatic carbocycles. The standard InChI is InChI=1S/C25H31NO3/c1-22-17-13-9-5-3-4-6-10-14-18-23(27)25(2,29)20-16-12-8-7-11-15-19-24(28)26-21-22/h3-20,22-23,27,29H,21H2,1-2H3,(H,26,28). The number of rotatable bonds is 0. The van der Waals surface area contributed by atoms with Crippen LogP contribution in [0.5, 0.6) is 0 Å². The van der Waals surface area contributed by atoms with Crippen LogP contribution >= 0.6 is 0 Å². The number of nitrogens with one attached hydrogen (secondary N) is 1. The Morgan fingerprint density at radius 3 is 1.93 bits per heavy atom. The maximum atomic E-state index is 11.8. The molecule has 154 valence electrons. The van der Waals surface area contributed by atoms with Gasteiger partial charge in [-0.2, -0.15) is 0 Å². The summed E-state index contributed by atoms with van der Waals surface area (Å²) in [6, 6.07) is 0. The predicted molar refractivity (Wildman–Crippen MR) is 121 cm³/mol. The number of amides is 1. The van der Waals surface area contributed by atoms with Crippen LogP contribution in [-0.2, 0) is 4.79 Å². The fourth-order valence-electron chi connectivity index (χ4n) is 2.14. The fraction of sp³-hybridized carbons (Fsp3) is 0.240. The van der Waals surface area contributed by atoms with Crippen LogP contribution in [0.1, 0.15) is 13.8 Å². The lowest BCUT2D eigenvalue weighted by Crippen LogP contribution is -2.35. The van der Waals surface area contributed by atoms with Gasteiger partial charge in [-0.3, -0.25) is 4.79 Å². The lowest BCUT2D eigenvalue weighted by atomic mass is 9.98. The Morgan fingerprint density at radius 1 is 0.828 bits per heavy atom. The van der Waals surface area contributed by atoms with Crippen molar-refractivity contribution in [1.82, 2.24) is 5.32 Å². The molecule has 0 aromatic carbocycles. The SMILES string of the molecule is CC1C=CC=CC=CC=CC=CC(O)C(C)(O)C=CC=CC=CC=CC(=O)NC1. The van der Waals surface area contributed by atoms with Gasteiger partial charge in [0.2, 0.25) is 5.91 Å². The first-order valence-corrected chi connectivity index (χ1v) is 9.64. The lowest BCUT2D eigenvalue weighted by Gasteiger charge is -2.22. The Kier molecular flexibility index (Phi) is 11.7. The number of allylic oxidation sites excluding steroid dienone is 14. The summed E-state index contributed by atoms with van der Waals surface area (Å²) >= 11 is 0. The van der Waals surface area contributed by atoms with Crippen LogP contribution in [0, 0.1) is 5.92 Å². The van der Waals surface area contributed by atoms with E-state index in [4.69, 9.17) is 0 Å². The molecule has 0 aromatic heterocycles. The van der Waals surface area contributed by atoms with Gasteiger partial charge in [-0.15, -0.1) is 0 Å². The normalized spacial score (nSPS) is 27.1. The molecular weight excluding hydrogens is 362 g/mol. The van der Waals surface area contributed by atoms with Crippen molar-refractivity contribution in [2.24, 2.45) is 5.92 Å². The summed E-state index contributed by atoms with van der Waals surface area (Å²) in [6.45, 7) is 4.14. The number of hydrogen-bond acceptors (Lipinski definition) is 3. The van der Waals surface area contributed by atoms with Gasteiger partial charge >= 0.3 is 0 Å². The molecule has 1 aliphatic rings. The Bertz CT molecular complexity index is 759. The molecule has 1 amide bonds. The first-order valence-electron chi connectivity index (χ1n) is 9.64. The quantitative estimate of drug-likeness (QED) is 0.585. The minimum absolute atomic E-state index is 0.142. The van der Waals surface area contributed by atoms with Crippen LogP contribution in [0.25, 0.3) is 0 Å². The summed E-state index contributed by atoms with van der Waals surface area (Å²) in [5.41, 5.74) is -1.38. The molecule has 1 heterocycles. The average Bonchev–Trinajstić information content (AvgIpc) is 2.68. The zero-order valence-corrected chi connectivity index (χ0v) is 17.1. The van der Waals surface area contributed by atoms with Crippen molar-refractivity contribution in [1.29, 1.82) is 0 Å². The number of carbonyl (C=O) groups excluding carboxylic acids is 1. The number of aliphatic hydroxyl groups excluding tert-OH is 1. The largest absolute Gasteiger partial charge is 0.386 e. The third kappa shape index (κ3) is 12.2. The van der Waals surface area contributed by atoms with E-state index in [0.717, 1.165) is 0 Å². The molecule has 3 atom stereocenters. The number of carbonyl (C=O) groups is 1. The van der Waals surface area contributed by atoms with Gasteiger partial charge in [0.1, 0.15) is 11.7 Å². The third-order valence-electron chi connectivity index (χ3n) is 3.94. The average molecular weight is 394 g/mol. The van der Waals surface area contributed by atoms with Gasteiger partial charge < -0.3 is 15.5 Å². The molecule has 1 aliphatic heterocycles. The van der Waals surface area contributed by atoms with Crippen LogP contribution in [0.2, 0.25) is 0 Å². The molecule has 0 saturated heterocycles. The summed E-state index contributed by atoms with van der Waals surface area (Å²) in [5, 5.41) is 23.3. The minimum Gasteiger partial charge on any atom is -0.386 e. The predicted octanol–water partition coefficient (Wildman–Crippen LogP) is 3.87. The van der Waals surface area contributed by atoms with Crippen molar-refractivity contribution < 1.29 is 15.0 Å². The van der Waals surface area contributed by atoms with Crippen molar-refractivity contribution in [3.05, 3.63) is 109 Å². The maximum Gasteiger partial charge on any atom is 0.243 e. The molecule has 3 unspecified atom stereocenters. The van der Waals surface area contributed by atoms with Gasteiger partial charge in [-0.1, -0.05) is 110 Å². The molecule has 0 fully saturated rings. The van der Waals surface area contributed by atoms with E-state index < -0.39 is 11.7 Å². The van der Waals surface area contributed by atoms with Crippen molar-refractivity contribution in [3.63, 3.8) is 0 Å². The molecule has 0 radical (unpaired) electrons. The van der Waals surface area contributed by atoms with E-state index in [9.17, 15) is 15.0 Å². The molecular formula is C25H31NO3. The maximum absolute atomic E-state index is 11.8. The molecule has 3 N–H and O–H groups in total. The molecule has 1 rings (SSSR count). The molecule has 0 saturated carbocycles. The van der Waals surface area contributed by atoms with Crippen LogP contribution in [-0.4, -0.2) is 34.4 Å². The van der Waals surface area contributed by atoms with Crippen LogP contribution in [0.3, 0.4) is 0 Å². The highest BCUT2D eigenvalue weighted by Crippen LogP contribution is 2.13. The van der Waals surface area contributed by atoms with E-state index in [1.807, 2.05) is 49.5 Å². The first kappa shape index (κ1) is 24.1. The van der Waals surface area contributed by atoms with E-state index in [1.54, 1.807) is 48.6 Å². The summed E-state index contributed by atoms with van der Waals surface area (Å²) in [5.74, 6) is 0.0852. The first-order chi connectivity index (χ1) is 13.9. The summed E-state index contributed by atoms with van der Waals surface area (Å²) in [6.07, 6.45) is 30.7. The topological polar surface area (TPSA) is 69.6 Å². The Labute approximate surface area is 174 Å². The molecule has 0 spiro atoms. The van der Waals surface area contributed by atoms with E-state index in [-0.39, 0.29) is 11.8 Å². The zero-order chi connectivity index (χ0) is 21.4. The molecule has 0 aromatic rings. The number of aliphatic hydroxyl groups is 2. The smallest absolute Gasteiger partial charge is 0.243 e. The van der Waals surface area contributed by atoms with Crippen LogP contribution in [0.15, 0.2) is 109 Å². The molecule has 0 bridgehead atoms. The van der Waals surface area contributed by atoms with Crippen molar-refractivity contribution >= 4 is 5.91 Å². The molecule has 29 heavy (non-hydrogen) atoms. The van der Waals surface area contributed by atoms with E-state index in [2.05, 4.69) is 5.32 Å². The monoisotopic (exact) mass is 393 g/mol. The fourth-order valence-corrected chi connectivity index (χ4v) is 2.14. The summed E-state index contributed by atoms with van der Waals surface area (Å²) in [4.78, 5) is 11.8. The Balaban J connectivity index is 2.86. The molecule has 4 nitrogen and oxygen atoms in total. The van der Waals surface area contributed by atoms with Crippen LogP contribution in [0.4, 0.5) is 0 Å². The van der Waals surface area contributed by atoms with Gasteiger partial charge in [-0.25, -0.2) is 0 Å². The van der Waals surface area contributed by atoms with E-state index in [0.29, 0.717) is 6.54 Å². The second-order valence-electron chi connectivity index (χ2n) is 6.81. The highest BCUT2D eigenvalue weighted by molar-refractivity contribution is 5.87. The highest BCUT2D eigenvalue weighted by Gasteiger charge is 2.24. The highest BCUT2D eigenvalue weighted by atomic mass is 16.3. The minimum atomic E-state index is -1.38. The van der Waals surface area contributed by atoms with Gasteiger partial charge in [-0.05, 0) is 12.8 Å². The molecule has 4 heteroatoms. The van der Waals surface area contributed by atoms with Gasteiger partial charge in [0, 0.05) is 12.6 Å². The Hall–Kier alpha value is -2.95. The Morgan fingerprint density at radius 2 is 1.31 bits per heavy atom. The van der Waals surface area contributed by atoms with Crippen molar-refractivity contribution in [3.8, 4) is 0 Å². The van der Waals surface area contributed by atoms with Gasteiger partial charge in [0.05, 0.1) is 0 Å². The van der Waals surface area contributed by atoms with Gasteiger partial charge in [0.25, 0.3) is 0 Å². The summed E-state index contributed by atoms with van der Waals surface area (Å²) < 4.78 is 0. The summed E-state index contributed by atoms with van der Waals surface area (Å²) in [7, 11) is 0. The lowest BCUT2D eigenvalue weighted by molar-refractivity contribution is -0.116. The third-order valence-corrected chi connectivity index (χ3v) is 3.94. The van der Waals surface area contributed by atoms with E-state index >= 15 is 0 Å². The van der Waals surface area contributed by atoms with Crippen molar-refractivity contribution in [2.45, 2.75) is 25.6 Å². The van der Waals surface area contributed by atoms with E-state index in [1.165, 1.54) is 25.2 Å². The van der Waals surface area contributed by atoms with Gasteiger partial charge in [0.15, 0.2) is 0 Å².